The molecule has 1 saturated heterocycles. The molecule has 104 valence electrons. The largest absolute Gasteiger partial charge is 0.295 e. The van der Waals surface area contributed by atoms with Gasteiger partial charge >= 0.3 is 0 Å². The molecule has 0 radical (unpaired) electrons. The Morgan fingerprint density at radius 2 is 1.80 bits per heavy atom. The average molecular weight is 275 g/mol. The Morgan fingerprint density at radius 3 is 2.50 bits per heavy atom. The van der Waals surface area contributed by atoms with Gasteiger partial charge in [0, 0.05) is 30.4 Å². The second-order valence-corrected chi connectivity index (χ2v) is 5.02. The smallest absolute Gasteiger partial charge is 0.142 e. The molecule has 0 amide bonds. The van der Waals surface area contributed by atoms with E-state index in [0.29, 0.717) is 13.1 Å². The van der Waals surface area contributed by atoms with Crippen molar-refractivity contribution in [1.82, 2.24) is 14.9 Å². The minimum Gasteiger partial charge on any atom is -0.295 e. The van der Waals surface area contributed by atoms with Crippen LogP contribution in [0.3, 0.4) is 0 Å². The highest BCUT2D eigenvalue weighted by molar-refractivity contribution is 5.25. The number of aromatic nitrogens is 2. The molecule has 1 atom stereocenters. The van der Waals surface area contributed by atoms with Crippen LogP contribution in [-0.2, 0) is 6.54 Å². The lowest BCUT2D eigenvalue weighted by Gasteiger charge is -2.15. The maximum absolute atomic E-state index is 13.8. The van der Waals surface area contributed by atoms with E-state index in [1.165, 1.54) is 18.2 Å². The van der Waals surface area contributed by atoms with Crippen LogP contribution in [0.25, 0.3) is 0 Å². The van der Waals surface area contributed by atoms with Crippen LogP contribution in [0, 0.1) is 11.6 Å². The zero-order valence-electron chi connectivity index (χ0n) is 11.0. The van der Waals surface area contributed by atoms with Gasteiger partial charge in [0.2, 0.25) is 0 Å². The van der Waals surface area contributed by atoms with Crippen LogP contribution in [0.2, 0.25) is 0 Å². The quantitative estimate of drug-likeness (QED) is 0.862. The van der Waals surface area contributed by atoms with Gasteiger partial charge in [-0.2, -0.15) is 0 Å². The van der Waals surface area contributed by atoms with E-state index in [2.05, 4.69) is 14.9 Å². The first-order valence-corrected chi connectivity index (χ1v) is 6.66. The van der Waals surface area contributed by atoms with Crippen molar-refractivity contribution in [2.45, 2.75) is 18.9 Å². The van der Waals surface area contributed by atoms with Crippen LogP contribution >= 0.6 is 0 Å². The minimum absolute atomic E-state index is 0.0973. The molecule has 1 aliphatic rings. The van der Waals surface area contributed by atoms with Gasteiger partial charge in [-0.05, 0) is 31.2 Å². The Hall–Kier alpha value is -1.88. The van der Waals surface area contributed by atoms with Gasteiger partial charge in [0.25, 0.3) is 0 Å². The Balaban J connectivity index is 1.71. The standard InChI is InChI=1S/C15H15F2N3/c16-12-3-1-4-13(17)15(12)11-5-8-20(9-11)10-14-18-6-2-7-19-14/h1-4,6-7,11H,5,8-10H2. The molecule has 1 aromatic carbocycles. The number of benzene rings is 1. The lowest BCUT2D eigenvalue weighted by Crippen LogP contribution is -2.21. The van der Waals surface area contributed by atoms with Gasteiger partial charge in [0.05, 0.1) is 6.54 Å². The zero-order valence-corrected chi connectivity index (χ0v) is 11.0. The predicted octanol–water partition coefficient (Wildman–Crippen LogP) is 2.74. The summed E-state index contributed by atoms with van der Waals surface area (Å²) in [6.07, 6.45) is 4.16. The molecule has 0 spiro atoms. The number of halogens is 2. The van der Waals surface area contributed by atoms with E-state index < -0.39 is 11.6 Å². The molecule has 3 rings (SSSR count). The first-order valence-electron chi connectivity index (χ1n) is 6.66. The monoisotopic (exact) mass is 275 g/mol. The summed E-state index contributed by atoms with van der Waals surface area (Å²) in [5.74, 6) is -0.261. The third-order valence-electron chi connectivity index (χ3n) is 3.66. The van der Waals surface area contributed by atoms with E-state index in [9.17, 15) is 8.78 Å². The fraction of sp³-hybridized carbons (Fsp3) is 0.333. The van der Waals surface area contributed by atoms with Gasteiger partial charge in [-0.3, -0.25) is 4.90 Å². The summed E-state index contributed by atoms with van der Waals surface area (Å²) in [6.45, 7) is 2.06. The number of nitrogens with zero attached hydrogens (tertiary/aromatic N) is 3. The van der Waals surface area contributed by atoms with Crippen LogP contribution in [0.5, 0.6) is 0 Å². The highest BCUT2D eigenvalue weighted by Crippen LogP contribution is 2.31. The van der Waals surface area contributed by atoms with Crippen LogP contribution in [0.1, 0.15) is 23.7 Å². The Kier molecular flexibility index (Phi) is 3.69. The van der Waals surface area contributed by atoms with Crippen molar-refractivity contribution >= 4 is 0 Å². The molecule has 1 aromatic heterocycles. The van der Waals surface area contributed by atoms with E-state index in [1.54, 1.807) is 18.5 Å². The molecule has 5 heteroatoms. The average Bonchev–Trinajstić information content (AvgIpc) is 2.88. The molecular weight excluding hydrogens is 260 g/mol. The molecule has 1 unspecified atom stereocenters. The first-order chi connectivity index (χ1) is 9.74. The Labute approximate surface area is 116 Å². The molecule has 0 saturated carbocycles. The van der Waals surface area contributed by atoms with Crippen molar-refractivity contribution in [3.63, 3.8) is 0 Å². The summed E-state index contributed by atoms with van der Waals surface area (Å²) >= 11 is 0. The molecule has 0 aliphatic carbocycles. The van der Waals surface area contributed by atoms with Gasteiger partial charge in [0.15, 0.2) is 0 Å². The van der Waals surface area contributed by atoms with E-state index in [4.69, 9.17) is 0 Å². The van der Waals surface area contributed by atoms with Gasteiger partial charge in [-0.15, -0.1) is 0 Å². The number of hydrogen-bond acceptors (Lipinski definition) is 3. The molecule has 1 fully saturated rings. The summed E-state index contributed by atoms with van der Waals surface area (Å²) in [7, 11) is 0. The van der Waals surface area contributed by atoms with Crippen LogP contribution < -0.4 is 0 Å². The van der Waals surface area contributed by atoms with Crippen molar-refractivity contribution in [2.24, 2.45) is 0 Å². The topological polar surface area (TPSA) is 29.0 Å². The summed E-state index contributed by atoms with van der Waals surface area (Å²) in [5.41, 5.74) is 0.212. The molecule has 3 nitrogen and oxygen atoms in total. The predicted molar refractivity (Wildman–Crippen MR) is 71.0 cm³/mol. The van der Waals surface area contributed by atoms with Gasteiger partial charge in [0.1, 0.15) is 17.5 Å². The van der Waals surface area contributed by atoms with Crippen molar-refractivity contribution in [3.05, 3.63) is 59.7 Å². The van der Waals surface area contributed by atoms with Crippen molar-refractivity contribution in [3.8, 4) is 0 Å². The van der Waals surface area contributed by atoms with E-state index in [-0.39, 0.29) is 11.5 Å². The normalized spacial score (nSPS) is 19.4. The number of hydrogen-bond donors (Lipinski definition) is 0. The lowest BCUT2D eigenvalue weighted by atomic mass is 9.97. The van der Waals surface area contributed by atoms with Gasteiger partial charge in [-0.25, -0.2) is 18.7 Å². The number of likely N-dealkylation sites (tertiary alicyclic amines) is 1. The maximum atomic E-state index is 13.8. The fourth-order valence-electron chi connectivity index (χ4n) is 2.72. The molecule has 2 heterocycles. The minimum atomic E-state index is -0.451. The van der Waals surface area contributed by atoms with Crippen LogP contribution in [0.15, 0.2) is 36.7 Å². The number of rotatable bonds is 3. The summed E-state index contributed by atoms with van der Waals surface area (Å²) in [4.78, 5) is 10.5. The third kappa shape index (κ3) is 2.67. The molecule has 0 N–H and O–H groups in total. The molecular formula is C15H15F2N3. The molecule has 2 aromatic rings. The highest BCUT2D eigenvalue weighted by atomic mass is 19.1. The molecule has 1 aliphatic heterocycles. The summed E-state index contributed by atoms with van der Waals surface area (Å²) < 4.78 is 27.5. The second-order valence-electron chi connectivity index (χ2n) is 5.02. The van der Waals surface area contributed by atoms with Crippen LogP contribution in [0.4, 0.5) is 8.78 Å². The Bertz CT molecular complexity index is 569. The maximum Gasteiger partial charge on any atom is 0.142 e. The van der Waals surface area contributed by atoms with Gasteiger partial charge < -0.3 is 0 Å². The van der Waals surface area contributed by atoms with Crippen molar-refractivity contribution in [1.29, 1.82) is 0 Å². The second kappa shape index (κ2) is 5.63. The zero-order chi connectivity index (χ0) is 13.9. The van der Waals surface area contributed by atoms with E-state index in [0.717, 1.165) is 18.8 Å². The van der Waals surface area contributed by atoms with E-state index in [1.807, 2.05) is 0 Å². The summed E-state index contributed by atoms with van der Waals surface area (Å²) in [6, 6.07) is 5.81. The van der Waals surface area contributed by atoms with E-state index >= 15 is 0 Å². The Morgan fingerprint density at radius 1 is 1.10 bits per heavy atom. The lowest BCUT2D eigenvalue weighted by molar-refractivity contribution is 0.316. The first kappa shape index (κ1) is 13.1. The fourth-order valence-corrected chi connectivity index (χ4v) is 2.72. The third-order valence-corrected chi connectivity index (χ3v) is 3.66. The van der Waals surface area contributed by atoms with Crippen molar-refractivity contribution < 1.29 is 8.78 Å². The summed E-state index contributed by atoms with van der Waals surface area (Å²) in [5, 5.41) is 0. The van der Waals surface area contributed by atoms with Gasteiger partial charge in [-0.1, -0.05) is 6.07 Å². The van der Waals surface area contributed by atoms with Crippen molar-refractivity contribution in [2.75, 3.05) is 13.1 Å². The van der Waals surface area contributed by atoms with Crippen LogP contribution in [-0.4, -0.2) is 28.0 Å². The molecule has 20 heavy (non-hydrogen) atoms. The SMILES string of the molecule is Fc1cccc(F)c1C1CCN(Cc2ncccn2)C1. The molecule has 0 bridgehead atoms. The highest BCUT2D eigenvalue weighted by Gasteiger charge is 2.28.